The van der Waals surface area contributed by atoms with Crippen LogP contribution in [0, 0.1) is 0 Å². The van der Waals surface area contributed by atoms with Gasteiger partial charge in [0, 0.05) is 17.7 Å². The van der Waals surface area contributed by atoms with Gasteiger partial charge in [0.05, 0.1) is 38.6 Å². The number of hydrogen-bond acceptors (Lipinski definition) is 22. The van der Waals surface area contributed by atoms with E-state index in [4.69, 9.17) is 37.9 Å². The van der Waals surface area contributed by atoms with E-state index in [2.05, 4.69) is 6.92 Å². The largest absolute Gasteiger partial charge is 0.508 e. The molecule has 0 amide bonds. The predicted octanol–water partition coefficient (Wildman–Crippen LogP) is 1.40. The summed E-state index contributed by atoms with van der Waals surface area (Å²) in [4.78, 5) is 27.1. The number of phenols is 2. The summed E-state index contributed by atoms with van der Waals surface area (Å²) >= 11 is 0. The molecule has 3 fully saturated rings. The van der Waals surface area contributed by atoms with E-state index in [0.717, 1.165) is 55.0 Å². The van der Waals surface area contributed by atoms with E-state index in [1.807, 2.05) is 24.3 Å². The summed E-state index contributed by atoms with van der Waals surface area (Å²) < 4.78 is 46.5. The molecule has 3 aromatic rings. The van der Waals surface area contributed by atoms with E-state index in [1.54, 1.807) is 49.6 Å². The number of aliphatic hydroxyl groups excluding tert-OH is 10. The SMILES string of the molecule is CCCCC/C=C/C=C/[C@@H](O)C/C=C/C=C/C(=O)O[C@@H]1[C@@H](O)[C@H](c2c(O)cc(O)cc2CO)O[C@H](CO)[C@H]1O[C@@H]1O[C@H](COC(=O)c2ccc(-c3ccc(OC)cc3)cc2)[C@H](O)[C@H](O)[C@H]1O[C@@H]1O[C@H](CO)[C@H](O)[C@H](O)[C@H]1O. The highest BCUT2D eigenvalue weighted by Crippen LogP contribution is 2.43. The average molecular weight is 1080 g/mol. The molecule has 0 radical (unpaired) electrons. The van der Waals surface area contributed by atoms with Crippen molar-refractivity contribution in [2.24, 2.45) is 0 Å². The maximum atomic E-state index is 13.6. The number of phenolic OH excluding ortho intramolecular Hbond substituents is 2. The van der Waals surface area contributed by atoms with Gasteiger partial charge in [0.1, 0.15) is 97.1 Å². The fourth-order valence-electron chi connectivity index (χ4n) is 8.92. The summed E-state index contributed by atoms with van der Waals surface area (Å²) in [6.07, 6.45) is -12.5. The zero-order valence-corrected chi connectivity index (χ0v) is 42.4. The molecule has 22 heteroatoms. The summed E-state index contributed by atoms with van der Waals surface area (Å²) in [5.74, 6) is -2.49. The van der Waals surface area contributed by atoms with Crippen molar-refractivity contribution in [3.63, 3.8) is 0 Å². The fourth-order valence-corrected chi connectivity index (χ4v) is 8.92. The lowest BCUT2D eigenvalue weighted by Crippen LogP contribution is -2.66. The molecule has 6 rings (SSSR count). The van der Waals surface area contributed by atoms with Crippen molar-refractivity contribution in [2.45, 2.75) is 144 Å². The van der Waals surface area contributed by atoms with Gasteiger partial charge in [0.25, 0.3) is 0 Å². The molecule has 3 heterocycles. The van der Waals surface area contributed by atoms with Crippen LogP contribution in [0.3, 0.4) is 0 Å². The number of benzene rings is 3. The van der Waals surface area contributed by atoms with E-state index >= 15 is 0 Å². The third-order valence-corrected chi connectivity index (χ3v) is 13.2. The van der Waals surface area contributed by atoms with E-state index in [0.29, 0.717) is 5.75 Å². The monoisotopic (exact) mass is 1080 g/mol. The topological polar surface area (TPSA) is 351 Å². The minimum atomic E-state index is -2.12. The Hall–Kier alpha value is -5.64. The first-order valence-corrected chi connectivity index (χ1v) is 25.2. The van der Waals surface area contributed by atoms with Crippen LogP contribution in [0.15, 0.2) is 109 Å². The highest BCUT2D eigenvalue weighted by Gasteiger charge is 2.55. The lowest BCUT2D eigenvalue weighted by Gasteiger charge is -2.49. The number of ether oxygens (including phenoxy) is 8. The molecule has 12 N–H and O–H groups in total. The molecule has 0 unspecified atom stereocenters. The van der Waals surface area contributed by atoms with Crippen molar-refractivity contribution in [2.75, 3.05) is 26.9 Å². The third kappa shape index (κ3) is 15.8. The number of carbonyl (C=O) groups excluding carboxylic acids is 2. The van der Waals surface area contributed by atoms with E-state index in [-0.39, 0.29) is 23.1 Å². The van der Waals surface area contributed by atoms with Crippen LogP contribution < -0.4 is 4.74 Å². The number of methoxy groups -OCH3 is 1. The molecule has 22 nitrogen and oxygen atoms in total. The molecule has 3 aliphatic rings. The number of esters is 2. The predicted molar refractivity (Wildman–Crippen MR) is 271 cm³/mol. The van der Waals surface area contributed by atoms with Crippen LogP contribution in [0.1, 0.15) is 66.6 Å². The Balaban J connectivity index is 1.28. The van der Waals surface area contributed by atoms with Gasteiger partial charge >= 0.3 is 11.9 Å². The number of unbranched alkanes of at least 4 members (excludes halogenated alkanes) is 3. The number of carbonyl (C=O) groups is 2. The molecule has 3 aliphatic heterocycles. The lowest BCUT2D eigenvalue weighted by atomic mass is 9.88. The Morgan fingerprint density at radius 2 is 1.32 bits per heavy atom. The molecular formula is C55H70O22. The third-order valence-electron chi connectivity index (χ3n) is 13.2. The van der Waals surface area contributed by atoms with Gasteiger partial charge in [0.2, 0.25) is 0 Å². The zero-order chi connectivity index (χ0) is 55.8. The second kappa shape index (κ2) is 29.4. The molecule has 422 valence electrons. The van der Waals surface area contributed by atoms with Gasteiger partial charge in [-0.05, 0) is 66.3 Å². The summed E-state index contributed by atoms with van der Waals surface area (Å²) in [7, 11) is 1.54. The molecule has 16 atom stereocenters. The molecular weight excluding hydrogens is 1010 g/mol. The Labute approximate surface area is 444 Å². The van der Waals surface area contributed by atoms with Crippen LogP contribution in [0.25, 0.3) is 11.1 Å². The molecule has 3 aromatic carbocycles. The number of allylic oxidation sites excluding steroid dienone is 5. The van der Waals surface area contributed by atoms with Crippen LogP contribution >= 0.6 is 0 Å². The van der Waals surface area contributed by atoms with Crippen molar-refractivity contribution >= 4 is 11.9 Å². The molecule has 77 heavy (non-hydrogen) atoms. The molecule has 0 bridgehead atoms. The van der Waals surface area contributed by atoms with Gasteiger partial charge in [-0.1, -0.05) is 86.6 Å². The molecule has 0 aliphatic carbocycles. The minimum Gasteiger partial charge on any atom is -0.508 e. The summed E-state index contributed by atoms with van der Waals surface area (Å²) in [5, 5.41) is 130. The van der Waals surface area contributed by atoms with Crippen molar-refractivity contribution in [3.05, 3.63) is 126 Å². The van der Waals surface area contributed by atoms with Gasteiger partial charge in [-0.15, -0.1) is 0 Å². The Kier molecular flexibility index (Phi) is 23.1. The fraction of sp³-hybridized carbons (Fsp3) is 0.491. The molecule has 0 saturated carbocycles. The van der Waals surface area contributed by atoms with Gasteiger partial charge in [-0.25, -0.2) is 9.59 Å². The summed E-state index contributed by atoms with van der Waals surface area (Å²) in [5.41, 5.74) is 1.26. The normalized spacial score (nSPS) is 30.3. The lowest BCUT2D eigenvalue weighted by molar-refractivity contribution is -0.382. The maximum Gasteiger partial charge on any atom is 0.338 e. The zero-order valence-electron chi connectivity index (χ0n) is 42.4. The maximum absolute atomic E-state index is 13.6. The average Bonchev–Trinajstić information content (AvgIpc) is 3.43. The van der Waals surface area contributed by atoms with Gasteiger partial charge in [-0.2, -0.15) is 0 Å². The van der Waals surface area contributed by atoms with Crippen molar-refractivity contribution in [3.8, 4) is 28.4 Å². The number of hydrogen-bond donors (Lipinski definition) is 12. The van der Waals surface area contributed by atoms with Crippen LogP contribution in [0.5, 0.6) is 17.2 Å². The van der Waals surface area contributed by atoms with Gasteiger partial charge < -0.3 is 99.2 Å². The minimum absolute atomic E-state index is 0.0860. The highest BCUT2D eigenvalue weighted by molar-refractivity contribution is 5.90. The Morgan fingerprint density at radius 3 is 1.99 bits per heavy atom. The van der Waals surface area contributed by atoms with E-state index in [9.17, 15) is 70.9 Å². The van der Waals surface area contributed by atoms with Crippen LogP contribution in [0.2, 0.25) is 0 Å². The Morgan fingerprint density at radius 1 is 0.675 bits per heavy atom. The first kappa shape index (κ1) is 60.6. The van der Waals surface area contributed by atoms with Crippen LogP contribution in [0.4, 0.5) is 0 Å². The standard InChI is InChI=1S/C55H70O22/c1-3-4-5-6-7-8-10-13-34(59)14-11-9-12-15-41(62)75-51-48(68)50(42-33(26-56)24-35(60)25-37(42)61)72-39(28-58)49(51)76-55-52(77-54-47(67)45(65)43(63)38(27-57)73-54)46(66)44(64)40(74-55)29-71-53(69)32-18-16-30(17-19-32)31-20-22-36(70-2)23-21-31/h7-13,15-25,34,38-40,43-52,54-61,63-68H,3-6,14,26-29H2,1-2H3/b8-7+,11-9+,13-10+,15-12+/t34-,38-,39-,40-,43+,44+,45+,46+,47-,48+,49-,50+,51-,52-,54+,55+/m1/s1. The number of aromatic hydroxyl groups is 2. The summed E-state index contributed by atoms with van der Waals surface area (Å²) in [6.45, 7) is -1.32. The van der Waals surface area contributed by atoms with Crippen LogP contribution in [-0.2, 0) is 44.6 Å². The second-order valence-corrected chi connectivity index (χ2v) is 18.6. The molecule has 0 aromatic heterocycles. The van der Waals surface area contributed by atoms with E-state index in [1.165, 1.54) is 24.3 Å². The highest BCUT2D eigenvalue weighted by atomic mass is 16.8. The van der Waals surface area contributed by atoms with E-state index < -0.39 is 148 Å². The van der Waals surface area contributed by atoms with Crippen LogP contribution in [-0.4, -0.2) is 192 Å². The number of rotatable bonds is 24. The first-order valence-electron chi connectivity index (χ1n) is 25.2. The Bertz CT molecular complexity index is 2440. The summed E-state index contributed by atoms with van der Waals surface area (Å²) in [6, 6.07) is 15.5. The molecule has 3 saturated heterocycles. The first-order chi connectivity index (χ1) is 37.0. The molecule has 0 spiro atoms. The van der Waals surface area contributed by atoms with Gasteiger partial charge in [-0.3, -0.25) is 0 Å². The second-order valence-electron chi connectivity index (χ2n) is 18.6. The smallest absolute Gasteiger partial charge is 0.338 e. The number of aliphatic hydroxyl groups is 10. The van der Waals surface area contributed by atoms with Crippen molar-refractivity contribution in [1.29, 1.82) is 0 Å². The van der Waals surface area contributed by atoms with Crippen molar-refractivity contribution in [1.82, 2.24) is 0 Å². The van der Waals surface area contributed by atoms with Crippen molar-refractivity contribution < 1.29 is 109 Å². The van der Waals surface area contributed by atoms with Gasteiger partial charge in [0.15, 0.2) is 18.7 Å². The quantitative estimate of drug-likeness (QED) is 0.0261.